The van der Waals surface area contributed by atoms with Gasteiger partial charge in [-0.15, -0.1) is 0 Å². The number of aryl methyl sites for hydroxylation is 1. The third-order valence-corrected chi connectivity index (χ3v) is 2.93. The average molecular weight is 400 g/mol. The van der Waals surface area contributed by atoms with Crippen LogP contribution in [-0.4, -0.2) is 17.5 Å². The van der Waals surface area contributed by atoms with E-state index in [1.807, 2.05) is 0 Å². The predicted molar refractivity (Wildman–Crippen MR) is 86.3 cm³/mol. The van der Waals surface area contributed by atoms with Gasteiger partial charge in [0, 0.05) is 5.02 Å². The molecule has 0 bridgehead atoms. The number of nitrogen functional groups attached to an aromatic ring is 1. The van der Waals surface area contributed by atoms with Crippen LogP contribution in [0.15, 0.2) is 36.4 Å². The second-order valence-electron chi connectivity index (χ2n) is 4.71. The van der Waals surface area contributed by atoms with Crippen LogP contribution >= 0.6 is 11.6 Å². The molecule has 2 rings (SSSR count). The fourth-order valence-electron chi connectivity index (χ4n) is 1.66. The Bertz CT molecular complexity index is 848. The monoisotopic (exact) mass is 399 g/mol. The van der Waals surface area contributed by atoms with E-state index in [1.165, 1.54) is 6.07 Å². The number of alkyl halides is 3. The highest BCUT2D eigenvalue weighted by molar-refractivity contribution is 7.79. The number of benzene rings is 2. The van der Waals surface area contributed by atoms with Gasteiger partial charge in [-0.3, -0.25) is 9.11 Å². The Morgan fingerprint density at radius 3 is 2.04 bits per heavy atom. The van der Waals surface area contributed by atoms with E-state index < -0.39 is 22.1 Å². The molecule has 138 valence electrons. The highest BCUT2D eigenvalue weighted by atomic mass is 35.5. The van der Waals surface area contributed by atoms with E-state index in [1.54, 1.807) is 25.1 Å². The molecule has 2 aromatic rings. The van der Waals surface area contributed by atoms with Crippen molar-refractivity contribution < 1.29 is 35.4 Å². The van der Waals surface area contributed by atoms with Crippen LogP contribution in [0.5, 0.6) is 11.5 Å². The maximum Gasteiger partial charge on any atom is 0.416 e. The van der Waals surface area contributed by atoms with E-state index in [2.05, 4.69) is 0 Å². The molecule has 2 aromatic carbocycles. The molecule has 25 heavy (non-hydrogen) atoms. The fourth-order valence-corrected chi connectivity index (χ4v) is 1.89. The molecule has 0 atom stereocenters. The molecule has 0 amide bonds. The molecule has 4 N–H and O–H groups in total. The van der Waals surface area contributed by atoms with Crippen molar-refractivity contribution >= 4 is 27.7 Å². The summed E-state index contributed by atoms with van der Waals surface area (Å²) in [5.41, 5.74) is 5.47. The first-order valence-electron chi connectivity index (χ1n) is 6.38. The summed E-state index contributed by atoms with van der Waals surface area (Å²) < 4.78 is 74.7. The van der Waals surface area contributed by atoms with Gasteiger partial charge in [0.2, 0.25) is 0 Å². The standard InChI is InChI=1S/C14H11ClF3NO.H2O4S/c1-8-6-10(15)3-5-12(8)20-13-4-2-9(7-11(13)19)14(16,17)18;1-5(2,3)4/h2-7H,19H2,1H3;(H2,1,2,3,4). The Labute approximate surface area is 146 Å². The van der Waals surface area contributed by atoms with Gasteiger partial charge >= 0.3 is 16.6 Å². The van der Waals surface area contributed by atoms with Gasteiger partial charge in [0.25, 0.3) is 0 Å². The first kappa shape index (κ1) is 21.0. The normalized spacial score (nSPS) is 11.5. The van der Waals surface area contributed by atoms with Crippen LogP contribution in [0.25, 0.3) is 0 Å². The Balaban J connectivity index is 0.000000550. The van der Waals surface area contributed by atoms with Gasteiger partial charge in [-0.2, -0.15) is 21.6 Å². The molecule has 0 saturated carbocycles. The first-order chi connectivity index (χ1) is 11.3. The third kappa shape index (κ3) is 7.61. The van der Waals surface area contributed by atoms with Crippen LogP contribution in [0.1, 0.15) is 11.1 Å². The van der Waals surface area contributed by atoms with Gasteiger partial charge in [-0.1, -0.05) is 11.6 Å². The Morgan fingerprint density at radius 2 is 1.60 bits per heavy atom. The summed E-state index contributed by atoms with van der Waals surface area (Å²) in [4.78, 5) is 0. The van der Waals surface area contributed by atoms with E-state index in [4.69, 9.17) is 39.6 Å². The Kier molecular flexibility index (Phi) is 6.66. The molecule has 0 fully saturated rings. The molecule has 0 aliphatic rings. The molecule has 6 nitrogen and oxygen atoms in total. The number of rotatable bonds is 2. The number of hydrogen-bond donors (Lipinski definition) is 3. The van der Waals surface area contributed by atoms with Crippen LogP contribution in [0, 0.1) is 6.92 Å². The second kappa shape index (κ2) is 7.91. The maximum absolute atomic E-state index is 12.5. The van der Waals surface area contributed by atoms with Crippen molar-refractivity contribution in [3.8, 4) is 11.5 Å². The van der Waals surface area contributed by atoms with Crippen molar-refractivity contribution in [3.05, 3.63) is 52.5 Å². The van der Waals surface area contributed by atoms with Crippen LogP contribution in [0.3, 0.4) is 0 Å². The SMILES string of the molecule is Cc1cc(Cl)ccc1Oc1ccc(C(F)(F)F)cc1N.O=S(=O)(O)O. The Morgan fingerprint density at radius 1 is 1.08 bits per heavy atom. The zero-order valence-electron chi connectivity index (χ0n) is 12.6. The molecule has 0 aromatic heterocycles. The van der Waals surface area contributed by atoms with Gasteiger partial charge < -0.3 is 10.5 Å². The number of hydrogen-bond acceptors (Lipinski definition) is 4. The van der Waals surface area contributed by atoms with E-state index >= 15 is 0 Å². The quantitative estimate of drug-likeness (QED) is 0.510. The zero-order chi connectivity index (χ0) is 19.4. The van der Waals surface area contributed by atoms with Gasteiger partial charge in [0.15, 0.2) is 0 Å². The average Bonchev–Trinajstić information content (AvgIpc) is 2.40. The maximum atomic E-state index is 12.5. The lowest BCUT2D eigenvalue weighted by molar-refractivity contribution is -0.137. The smallest absolute Gasteiger partial charge is 0.416 e. The largest absolute Gasteiger partial charge is 0.455 e. The van der Waals surface area contributed by atoms with Gasteiger partial charge in [-0.25, -0.2) is 0 Å². The molecule has 0 saturated heterocycles. The van der Waals surface area contributed by atoms with E-state index in [0.29, 0.717) is 10.8 Å². The summed E-state index contributed by atoms with van der Waals surface area (Å²) in [6.07, 6.45) is -4.43. The lowest BCUT2D eigenvalue weighted by Gasteiger charge is -2.13. The molecule has 0 radical (unpaired) electrons. The molecular weight excluding hydrogens is 387 g/mol. The number of nitrogens with two attached hydrogens (primary N) is 1. The van der Waals surface area contributed by atoms with Crippen LogP contribution < -0.4 is 10.5 Å². The van der Waals surface area contributed by atoms with Crippen molar-refractivity contribution in [3.63, 3.8) is 0 Å². The van der Waals surface area contributed by atoms with Crippen LogP contribution in [0.2, 0.25) is 5.02 Å². The summed E-state index contributed by atoms with van der Waals surface area (Å²) in [5, 5.41) is 0.551. The van der Waals surface area contributed by atoms with Gasteiger partial charge in [0.1, 0.15) is 11.5 Å². The minimum absolute atomic E-state index is 0.0748. The third-order valence-electron chi connectivity index (χ3n) is 2.69. The van der Waals surface area contributed by atoms with Crippen molar-refractivity contribution in [2.24, 2.45) is 0 Å². The van der Waals surface area contributed by atoms with E-state index in [-0.39, 0.29) is 11.4 Å². The first-order valence-corrected chi connectivity index (χ1v) is 8.15. The second-order valence-corrected chi connectivity index (χ2v) is 6.04. The predicted octanol–water partition coefficient (Wildman–Crippen LogP) is 4.39. The molecule has 0 aliphatic carbocycles. The van der Waals surface area contributed by atoms with E-state index in [9.17, 15) is 13.2 Å². The van der Waals surface area contributed by atoms with E-state index in [0.717, 1.165) is 17.7 Å². The van der Waals surface area contributed by atoms with Crippen molar-refractivity contribution in [2.45, 2.75) is 13.1 Å². The lowest BCUT2D eigenvalue weighted by atomic mass is 10.1. The summed E-state index contributed by atoms with van der Waals surface area (Å²) in [5.74, 6) is 0.657. The van der Waals surface area contributed by atoms with Crippen molar-refractivity contribution in [2.75, 3.05) is 5.73 Å². The summed E-state index contributed by atoms with van der Waals surface area (Å²) in [7, 11) is -4.67. The molecule has 0 heterocycles. The van der Waals surface area contributed by atoms with Crippen molar-refractivity contribution in [1.29, 1.82) is 0 Å². The van der Waals surface area contributed by atoms with Gasteiger partial charge in [0.05, 0.1) is 11.3 Å². The minimum Gasteiger partial charge on any atom is -0.455 e. The van der Waals surface area contributed by atoms with Crippen LogP contribution in [0.4, 0.5) is 18.9 Å². The summed E-state index contributed by atoms with van der Waals surface area (Å²) in [6.45, 7) is 1.78. The molecule has 0 spiro atoms. The lowest BCUT2D eigenvalue weighted by Crippen LogP contribution is -2.06. The highest BCUT2D eigenvalue weighted by Crippen LogP contribution is 2.36. The molecule has 0 aliphatic heterocycles. The molecule has 0 unspecified atom stereocenters. The zero-order valence-corrected chi connectivity index (χ0v) is 14.2. The van der Waals surface area contributed by atoms with Crippen molar-refractivity contribution in [1.82, 2.24) is 0 Å². The number of ether oxygens (including phenoxy) is 1. The Hall–Kier alpha value is -2.01. The molecule has 11 heteroatoms. The van der Waals surface area contributed by atoms with Gasteiger partial charge in [-0.05, 0) is 48.9 Å². The highest BCUT2D eigenvalue weighted by Gasteiger charge is 2.31. The summed E-state index contributed by atoms with van der Waals surface area (Å²) >= 11 is 5.82. The fraction of sp³-hybridized carbons (Fsp3) is 0.143. The topological polar surface area (TPSA) is 110 Å². The summed E-state index contributed by atoms with van der Waals surface area (Å²) in [6, 6.07) is 7.93. The minimum atomic E-state index is -4.67. The molecular formula is C14H13ClF3NO5S. The number of anilines is 1. The van der Waals surface area contributed by atoms with Crippen LogP contribution in [-0.2, 0) is 16.6 Å². The number of halogens is 4.